The first-order chi connectivity index (χ1) is 8.60. The van der Waals surface area contributed by atoms with Crippen LogP contribution in [-0.4, -0.2) is 9.78 Å². The van der Waals surface area contributed by atoms with E-state index in [1.165, 1.54) is 28.9 Å². The molecule has 0 N–H and O–H groups in total. The predicted molar refractivity (Wildman–Crippen MR) is 63.5 cm³/mol. The Balaban J connectivity index is 2.38. The summed E-state index contributed by atoms with van der Waals surface area (Å²) in [6.45, 7) is 2.00. The largest absolute Gasteiger partial charge is 0.268 e. The Bertz CT molecular complexity index is 685. The van der Waals surface area contributed by atoms with Crippen LogP contribution >= 0.6 is 0 Å². The maximum atomic E-state index is 13.1. The molecule has 0 atom stereocenters. The van der Waals surface area contributed by atoms with Gasteiger partial charge in [-0.25, -0.2) is 9.07 Å². The summed E-state index contributed by atoms with van der Waals surface area (Å²) in [5, 5.41) is 12.8. The van der Waals surface area contributed by atoms with E-state index in [0.29, 0.717) is 5.56 Å². The highest BCUT2D eigenvalue weighted by Crippen LogP contribution is 2.10. The fourth-order valence-corrected chi connectivity index (χ4v) is 1.59. The van der Waals surface area contributed by atoms with Crippen LogP contribution in [0.4, 0.5) is 4.39 Å². The summed E-state index contributed by atoms with van der Waals surface area (Å²) in [6, 6.07) is 9.00. The molecule has 4 nitrogen and oxygen atoms in total. The number of nitrogens with zero attached hydrogens (tertiary/aromatic N) is 3. The summed E-state index contributed by atoms with van der Waals surface area (Å²) >= 11 is 0. The normalized spacial score (nSPS) is 10.1. The van der Waals surface area contributed by atoms with Crippen LogP contribution in [-0.2, 0) is 6.54 Å². The van der Waals surface area contributed by atoms with Crippen molar-refractivity contribution in [1.29, 1.82) is 5.26 Å². The predicted octanol–water partition coefficient (Wildman–Crippen LogP) is 1.61. The molecule has 0 aliphatic heterocycles. The third-order valence-electron chi connectivity index (χ3n) is 2.48. The van der Waals surface area contributed by atoms with E-state index >= 15 is 0 Å². The minimum atomic E-state index is -0.564. The molecule has 0 aliphatic carbocycles. The zero-order valence-electron chi connectivity index (χ0n) is 9.72. The fourth-order valence-electron chi connectivity index (χ4n) is 1.59. The van der Waals surface area contributed by atoms with Crippen molar-refractivity contribution in [1.82, 2.24) is 9.78 Å². The average molecular weight is 243 g/mol. The van der Waals surface area contributed by atoms with Gasteiger partial charge in [0.2, 0.25) is 0 Å². The lowest BCUT2D eigenvalue weighted by Gasteiger charge is -2.05. The molecule has 0 saturated carbocycles. The van der Waals surface area contributed by atoms with Crippen LogP contribution in [0.5, 0.6) is 0 Å². The molecule has 0 unspecified atom stereocenters. The zero-order chi connectivity index (χ0) is 13.1. The van der Waals surface area contributed by atoms with E-state index in [2.05, 4.69) is 5.10 Å². The van der Waals surface area contributed by atoms with Crippen molar-refractivity contribution < 1.29 is 4.39 Å². The van der Waals surface area contributed by atoms with Gasteiger partial charge in [0.1, 0.15) is 11.9 Å². The summed E-state index contributed by atoms with van der Waals surface area (Å²) in [5.74, 6) is -0.564. The van der Waals surface area contributed by atoms with Gasteiger partial charge in [-0.1, -0.05) is 6.07 Å². The molecule has 0 amide bonds. The van der Waals surface area contributed by atoms with Gasteiger partial charge in [-0.3, -0.25) is 4.79 Å². The molecule has 0 radical (unpaired) electrons. The van der Waals surface area contributed by atoms with Crippen molar-refractivity contribution in [2.24, 2.45) is 0 Å². The molecule has 1 aromatic heterocycles. The zero-order valence-corrected chi connectivity index (χ0v) is 9.72. The van der Waals surface area contributed by atoms with Gasteiger partial charge in [0.25, 0.3) is 5.56 Å². The number of aromatic nitrogens is 2. The van der Waals surface area contributed by atoms with Gasteiger partial charge in [-0.2, -0.15) is 10.4 Å². The molecule has 1 heterocycles. The van der Waals surface area contributed by atoms with E-state index in [-0.39, 0.29) is 17.7 Å². The molecule has 90 valence electrons. The highest BCUT2D eigenvalue weighted by atomic mass is 19.1. The van der Waals surface area contributed by atoms with E-state index in [1.807, 2.05) is 0 Å². The number of aryl methyl sites for hydroxylation is 1. The Labute approximate surface area is 103 Å². The van der Waals surface area contributed by atoms with Crippen LogP contribution < -0.4 is 5.56 Å². The average Bonchev–Trinajstić information content (AvgIpc) is 2.36. The highest BCUT2D eigenvalue weighted by Gasteiger charge is 2.05. The Kier molecular flexibility index (Phi) is 3.20. The minimum absolute atomic E-state index is 0.0341. The number of hydrogen-bond acceptors (Lipinski definition) is 3. The smallest absolute Gasteiger partial charge is 0.267 e. The third kappa shape index (κ3) is 2.43. The lowest BCUT2D eigenvalue weighted by molar-refractivity contribution is 0.612. The van der Waals surface area contributed by atoms with Crippen LogP contribution in [0.25, 0.3) is 0 Å². The SMILES string of the molecule is Cc1ccc(=O)n(Cc2ccc(F)c(C#N)c2)n1. The molecule has 0 aliphatic rings. The van der Waals surface area contributed by atoms with Crippen LogP contribution in [0.1, 0.15) is 16.8 Å². The molecular weight excluding hydrogens is 233 g/mol. The van der Waals surface area contributed by atoms with Crippen LogP contribution in [0.2, 0.25) is 0 Å². The molecule has 2 rings (SSSR count). The Morgan fingerprint density at radius 2 is 2.17 bits per heavy atom. The lowest BCUT2D eigenvalue weighted by Crippen LogP contribution is -2.23. The van der Waals surface area contributed by atoms with E-state index in [0.717, 1.165) is 5.69 Å². The molecular formula is C13H10FN3O. The lowest BCUT2D eigenvalue weighted by atomic mass is 10.1. The fraction of sp³-hybridized carbons (Fsp3) is 0.154. The van der Waals surface area contributed by atoms with Gasteiger partial charge in [-0.15, -0.1) is 0 Å². The van der Waals surface area contributed by atoms with E-state index in [9.17, 15) is 9.18 Å². The topological polar surface area (TPSA) is 58.7 Å². The third-order valence-corrected chi connectivity index (χ3v) is 2.48. The second-order valence-corrected chi connectivity index (χ2v) is 3.90. The molecule has 0 fully saturated rings. The van der Waals surface area contributed by atoms with E-state index in [4.69, 9.17) is 5.26 Å². The van der Waals surface area contributed by atoms with E-state index in [1.54, 1.807) is 19.1 Å². The first-order valence-corrected chi connectivity index (χ1v) is 5.33. The maximum Gasteiger partial charge on any atom is 0.267 e. The molecule has 0 bridgehead atoms. The van der Waals surface area contributed by atoms with Crippen molar-refractivity contribution in [2.75, 3.05) is 0 Å². The van der Waals surface area contributed by atoms with Crippen molar-refractivity contribution >= 4 is 0 Å². The summed E-state index contributed by atoms with van der Waals surface area (Å²) in [4.78, 5) is 11.6. The Morgan fingerprint density at radius 1 is 1.39 bits per heavy atom. The summed E-state index contributed by atoms with van der Waals surface area (Å²) in [6.07, 6.45) is 0. The monoisotopic (exact) mass is 243 g/mol. The Morgan fingerprint density at radius 3 is 2.89 bits per heavy atom. The van der Waals surface area contributed by atoms with Gasteiger partial charge in [-0.05, 0) is 30.7 Å². The Hall–Kier alpha value is -2.48. The summed E-state index contributed by atoms with van der Waals surface area (Å²) < 4.78 is 14.4. The highest BCUT2D eigenvalue weighted by molar-refractivity contribution is 5.34. The molecule has 0 spiro atoms. The molecule has 18 heavy (non-hydrogen) atoms. The molecule has 1 aromatic carbocycles. The van der Waals surface area contributed by atoms with Crippen molar-refractivity contribution in [3.05, 3.63) is 63.3 Å². The first-order valence-electron chi connectivity index (χ1n) is 5.33. The number of nitriles is 1. The molecule has 5 heteroatoms. The molecule has 2 aromatic rings. The number of halogens is 1. The van der Waals surface area contributed by atoms with Crippen molar-refractivity contribution in [3.63, 3.8) is 0 Å². The van der Waals surface area contributed by atoms with Crippen molar-refractivity contribution in [3.8, 4) is 6.07 Å². The van der Waals surface area contributed by atoms with Gasteiger partial charge in [0, 0.05) is 6.07 Å². The minimum Gasteiger partial charge on any atom is -0.268 e. The van der Waals surface area contributed by atoms with Gasteiger partial charge in [0.15, 0.2) is 0 Å². The van der Waals surface area contributed by atoms with Crippen molar-refractivity contribution in [2.45, 2.75) is 13.5 Å². The van der Waals surface area contributed by atoms with Gasteiger partial charge in [0.05, 0.1) is 17.8 Å². The first kappa shape index (κ1) is 12.0. The molecule has 0 saturated heterocycles. The van der Waals surface area contributed by atoms with Crippen LogP contribution in [0, 0.1) is 24.1 Å². The second kappa shape index (κ2) is 4.80. The standard InChI is InChI=1S/C13H10FN3O/c1-9-2-5-13(18)17(16-9)8-10-3-4-12(14)11(6-10)7-15/h2-6H,8H2,1H3. The van der Waals surface area contributed by atoms with E-state index < -0.39 is 5.82 Å². The van der Waals surface area contributed by atoms with Gasteiger partial charge < -0.3 is 0 Å². The second-order valence-electron chi connectivity index (χ2n) is 3.90. The quantitative estimate of drug-likeness (QED) is 0.805. The number of hydrogen-bond donors (Lipinski definition) is 0. The maximum absolute atomic E-state index is 13.1. The number of rotatable bonds is 2. The summed E-state index contributed by atoms with van der Waals surface area (Å²) in [7, 11) is 0. The van der Waals surface area contributed by atoms with Crippen LogP contribution in [0.15, 0.2) is 35.1 Å². The van der Waals surface area contributed by atoms with Gasteiger partial charge >= 0.3 is 0 Å². The van der Waals surface area contributed by atoms with Crippen LogP contribution in [0.3, 0.4) is 0 Å². The number of benzene rings is 1. The summed E-state index contributed by atoms with van der Waals surface area (Å²) in [5.41, 5.74) is 1.11.